The fraction of sp³-hybridized carbons (Fsp3) is 0.455. The number of alkyl halides is 4. The van der Waals surface area contributed by atoms with E-state index in [1.807, 2.05) is 13.0 Å². The van der Waals surface area contributed by atoms with Gasteiger partial charge in [-0.15, -0.1) is 10.2 Å². The number of halogens is 4. The molecular formula is C22H23F4N5O. The van der Waals surface area contributed by atoms with Crippen LogP contribution in [0.2, 0.25) is 0 Å². The summed E-state index contributed by atoms with van der Waals surface area (Å²) in [5.41, 5.74) is -2.09. The fourth-order valence-corrected chi connectivity index (χ4v) is 3.98. The number of aromatic nitrogens is 5. The molecule has 170 valence electrons. The van der Waals surface area contributed by atoms with Gasteiger partial charge in [0.2, 0.25) is 0 Å². The van der Waals surface area contributed by atoms with E-state index in [9.17, 15) is 17.6 Å². The third-order valence-corrected chi connectivity index (χ3v) is 5.85. The van der Waals surface area contributed by atoms with E-state index >= 15 is 0 Å². The second-order valence-corrected chi connectivity index (χ2v) is 8.84. The molecule has 0 aliphatic heterocycles. The number of nitrogens with zero attached hydrogens (tertiary/aromatic N) is 5. The topological polar surface area (TPSA) is 69.6 Å². The maximum atomic E-state index is 14.0. The van der Waals surface area contributed by atoms with Crippen LogP contribution in [0.3, 0.4) is 0 Å². The van der Waals surface area contributed by atoms with E-state index in [1.165, 1.54) is 26.0 Å². The molecule has 6 nitrogen and oxygen atoms in total. The number of hydrogen-bond donors (Lipinski definition) is 0. The van der Waals surface area contributed by atoms with Crippen molar-refractivity contribution in [2.45, 2.75) is 57.3 Å². The van der Waals surface area contributed by atoms with E-state index in [0.717, 1.165) is 11.6 Å². The number of rotatable bonds is 4. The minimum absolute atomic E-state index is 0.00921. The molecule has 0 bridgehead atoms. The normalized spacial score (nSPS) is 19.8. The molecule has 0 fully saturated rings. The summed E-state index contributed by atoms with van der Waals surface area (Å²) in [6.07, 6.45) is -0.760. The molecule has 0 N–H and O–H groups in total. The third kappa shape index (κ3) is 3.93. The molecule has 4 rings (SSSR count). The van der Waals surface area contributed by atoms with Gasteiger partial charge in [0, 0.05) is 18.0 Å². The molecule has 10 heteroatoms. The second-order valence-electron chi connectivity index (χ2n) is 8.84. The zero-order valence-electron chi connectivity index (χ0n) is 18.2. The van der Waals surface area contributed by atoms with Crippen LogP contribution in [0.1, 0.15) is 63.1 Å². The Morgan fingerprint density at radius 2 is 1.81 bits per heavy atom. The van der Waals surface area contributed by atoms with Crippen LogP contribution in [0.4, 0.5) is 17.6 Å². The zero-order valence-corrected chi connectivity index (χ0v) is 18.2. The average Bonchev–Trinajstić information content (AvgIpc) is 3.35. The molecule has 0 saturated carbocycles. The first kappa shape index (κ1) is 22.2. The summed E-state index contributed by atoms with van der Waals surface area (Å²) in [6.45, 7) is 4.69. The highest BCUT2D eigenvalue weighted by Gasteiger charge is 2.38. The minimum Gasteiger partial charge on any atom is -0.335 e. The highest BCUT2D eigenvalue weighted by molar-refractivity contribution is 5.63. The molecule has 32 heavy (non-hydrogen) atoms. The standard InChI is InChI=1S/C22H23F4N5O/c1-20(2,23)19-27-16(30-32-19)13-9-11-21(3,12-10-13)18-29-28-17(31(18)4)14-7-5-6-8-15(14)22(24,25)26/h5-9H,10-12H2,1-4H3. The van der Waals surface area contributed by atoms with E-state index in [-0.39, 0.29) is 17.3 Å². The lowest BCUT2D eigenvalue weighted by molar-refractivity contribution is -0.137. The van der Waals surface area contributed by atoms with Gasteiger partial charge in [-0.2, -0.15) is 18.2 Å². The van der Waals surface area contributed by atoms with Gasteiger partial charge in [0.05, 0.1) is 5.56 Å². The Balaban J connectivity index is 1.63. The van der Waals surface area contributed by atoms with Crippen molar-refractivity contribution in [3.8, 4) is 11.4 Å². The smallest absolute Gasteiger partial charge is 0.335 e. The van der Waals surface area contributed by atoms with Gasteiger partial charge in [0.25, 0.3) is 5.89 Å². The molecule has 0 amide bonds. The maximum absolute atomic E-state index is 14.0. The van der Waals surface area contributed by atoms with Crippen molar-refractivity contribution < 1.29 is 22.1 Å². The SMILES string of the molecule is Cn1c(-c2ccccc2C(F)(F)F)nnc1C1(C)CC=C(c2noc(C(C)(C)F)n2)CC1. The third-order valence-electron chi connectivity index (χ3n) is 5.85. The number of hydrogen-bond acceptors (Lipinski definition) is 5. The first-order chi connectivity index (χ1) is 14.9. The number of allylic oxidation sites excluding steroid dienone is 2. The highest BCUT2D eigenvalue weighted by Crippen LogP contribution is 2.42. The Hall–Kier alpha value is -3.04. The first-order valence-corrected chi connectivity index (χ1v) is 10.2. The number of benzene rings is 1. The van der Waals surface area contributed by atoms with Gasteiger partial charge >= 0.3 is 6.18 Å². The molecule has 1 aliphatic carbocycles. The molecule has 0 radical (unpaired) electrons. The van der Waals surface area contributed by atoms with E-state index in [4.69, 9.17) is 4.52 Å². The van der Waals surface area contributed by atoms with Crippen molar-refractivity contribution in [1.29, 1.82) is 0 Å². The largest absolute Gasteiger partial charge is 0.417 e. The van der Waals surface area contributed by atoms with Gasteiger partial charge in [-0.05, 0) is 44.7 Å². The summed E-state index contributed by atoms with van der Waals surface area (Å²) >= 11 is 0. The Kier molecular flexibility index (Phi) is 5.21. The van der Waals surface area contributed by atoms with Crippen LogP contribution in [-0.4, -0.2) is 24.9 Å². The van der Waals surface area contributed by atoms with Gasteiger partial charge in [-0.1, -0.05) is 36.4 Å². The quantitative estimate of drug-likeness (QED) is 0.484. The molecule has 2 heterocycles. The molecule has 0 spiro atoms. The lowest BCUT2D eigenvalue weighted by Gasteiger charge is -2.31. The van der Waals surface area contributed by atoms with Crippen LogP contribution in [0.5, 0.6) is 0 Å². The summed E-state index contributed by atoms with van der Waals surface area (Å²) in [7, 11) is 1.68. The summed E-state index contributed by atoms with van der Waals surface area (Å²) < 4.78 is 61.1. The summed E-state index contributed by atoms with van der Waals surface area (Å²) in [6, 6.07) is 5.34. The van der Waals surface area contributed by atoms with E-state index in [1.54, 1.807) is 17.7 Å². The van der Waals surface area contributed by atoms with Crippen LogP contribution in [0.25, 0.3) is 17.0 Å². The minimum atomic E-state index is -4.49. The van der Waals surface area contributed by atoms with Crippen molar-refractivity contribution in [2.75, 3.05) is 0 Å². The lowest BCUT2D eigenvalue weighted by atomic mass is 9.75. The van der Waals surface area contributed by atoms with Crippen molar-refractivity contribution in [2.24, 2.45) is 7.05 Å². The molecular weight excluding hydrogens is 426 g/mol. The zero-order chi connectivity index (χ0) is 23.3. The Morgan fingerprint density at radius 1 is 1.09 bits per heavy atom. The summed E-state index contributed by atoms with van der Waals surface area (Å²) in [5.74, 6) is 1.03. The van der Waals surface area contributed by atoms with Crippen molar-refractivity contribution in [1.82, 2.24) is 24.9 Å². The first-order valence-electron chi connectivity index (χ1n) is 10.2. The Morgan fingerprint density at radius 3 is 2.41 bits per heavy atom. The predicted octanol–water partition coefficient (Wildman–Crippen LogP) is 5.61. The van der Waals surface area contributed by atoms with Crippen LogP contribution < -0.4 is 0 Å². The molecule has 2 aromatic heterocycles. The lowest BCUT2D eigenvalue weighted by Crippen LogP contribution is -2.28. The van der Waals surface area contributed by atoms with Gasteiger partial charge in [0.15, 0.2) is 17.3 Å². The maximum Gasteiger partial charge on any atom is 0.417 e. The monoisotopic (exact) mass is 449 g/mol. The molecule has 1 aliphatic rings. The summed E-state index contributed by atoms with van der Waals surface area (Å²) in [4.78, 5) is 4.16. The Labute approximate surface area is 182 Å². The highest BCUT2D eigenvalue weighted by atomic mass is 19.4. The molecule has 0 saturated heterocycles. The van der Waals surface area contributed by atoms with Gasteiger partial charge in [-0.3, -0.25) is 0 Å². The van der Waals surface area contributed by atoms with Gasteiger partial charge < -0.3 is 9.09 Å². The van der Waals surface area contributed by atoms with Crippen LogP contribution in [0.15, 0.2) is 34.9 Å². The average molecular weight is 449 g/mol. The van der Waals surface area contributed by atoms with E-state index in [2.05, 4.69) is 20.3 Å². The van der Waals surface area contributed by atoms with Crippen molar-refractivity contribution >= 4 is 5.57 Å². The molecule has 1 aromatic carbocycles. The van der Waals surface area contributed by atoms with E-state index < -0.39 is 22.8 Å². The van der Waals surface area contributed by atoms with Crippen LogP contribution in [-0.2, 0) is 24.3 Å². The molecule has 3 aromatic rings. The van der Waals surface area contributed by atoms with Crippen molar-refractivity contribution in [3.05, 3.63) is 53.4 Å². The second kappa shape index (κ2) is 7.53. The van der Waals surface area contributed by atoms with Gasteiger partial charge in [-0.25, -0.2) is 4.39 Å². The van der Waals surface area contributed by atoms with Crippen LogP contribution in [0, 0.1) is 0 Å². The molecule has 1 unspecified atom stereocenters. The van der Waals surface area contributed by atoms with Crippen LogP contribution >= 0.6 is 0 Å². The fourth-order valence-electron chi connectivity index (χ4n) is 3.98. The van der Waals surface area contributed by atoms with Crippen molar-refractivity contribution in [3.63, 3.8) is 0 Å². The summed E-state index contributed by atoms with van der Waals surface area (Å²) in [5, 5.41) is 12.2. The predicted molar refractivity (Wildman–Crippen MR) is 109 cm³/mol. The molecule has 1 atom stereocenters. The van der Waals surface area contributed by atoms with Gasteiger partial charge in [0.1, 0.15) is 5.82 Å². The van der Waals surface area contributed by atoms with E-state index in [0.29, 0.717) is 30.9 Å². The Bertz CT molecular complexity index is 1170.